The van der Waals surface area contributed by atoms with Crippen LogP contribution in [0.2, 0.25) is 0 Å². The number of rotatable bonds is 0. The van der Waals surface area contributed by atoms with Crippen LogP contribution in [0.1, 0.15) is 4.11 Å². The first-order valence-electron chi connectivity index (χ1n) is 3.09. The van der Waals surface area contributed by atoms with Crippen LogP contribution in [0.4, 0.5) is 0 Å². The lowest BCUT2D eigenvalue weighted by Crippen LogP contribution is -1.83. The highest BCUT2D eigenvalue weighted by Gasteiger charge is 1.69. The van der Waals surface area contributed by atoms with Gasteiger partial charge in [0.25, 0.3) is 0 Å². The number of hydrogen-bond acceptors (Lipinski definition) is 1. The highest BCUT2D eigenvalue weighted by Crippen LogP contribution is 1.73. The van der Waals surface area contributed by atoms with Crippen LogP contribution in [0.5, 0.6) is 0 Å². The van der Waals surface area contributed by atoms with Crippen LogP contribution in [-0.2, 0) is 7.05 Å². The molecular weight excluding hydrogens is 76.1 g/mol. The summed E-state index contributed by atoms with van der Waals surface area (Å²) in [5, 5.41) is 3.52. The first kappa shape index (κ1) is 1.37. The van der Waals surface area contributed by atoms with Gasteiger partial charge < -0.3 is 0 Å². The van der Waals surface area contributed by atoms with E-state index in [-0.39, 0.29) is 18.4 Å². The summed E-state index contributed by atoms with van der Waals surface area (Å²) >= 11 is 0. The van der Waals surface area contributed by atoms with E-state index in [2.05, 4.69) is 5.10 Å². The van der Waals surface area contributed by atoms with Crippen LogP contribution in [0.3, 0.4) is 0 Å². The van der Waals surface area contributed by atoms with E-state index in [0.717, 1.165) is 0 Å². The molecule has 1 aromatic heterocycles. The largest absolute Gasteiger partial charge is 0.276 e. The van der Waals surface area contributed by atoms with E-state index in [1.165, 1.54) is 4.68 Å². The van der Waals surface area contributed by atoms with Crippen LogP contribution in [-0.4, -0.2) is 9.78 Å². The maximum atomic E-state index is 7.06. The fourth-order valence-corrected chi connectivity index (χ4v) is 0.231. The molecule has 0 aliphatic heterocycles. The maximum absolute atomic E-state index is 7.06. The van der Waals surface area contributed by atoms with Crippen molar-refractivity contribution >= 4 is 0 Å². The monoisotopic (exact) mass is 88.1 g/mol. The van der Waals surface area contributed by atoms with Crippen molar-refractivity contribution in [1.29, 1.82) is 0 Å². The van der Waals surface area contributed by atoms with Crippen LogP contribution in [0.15, 0.2) is 18.4 Å². The molecule has 2 nitrogen and oxygen atoms in total. The number of nitrogens with zero attached hydrogens (tertiary/aromatic N) is 2. The second-order valence-corrected chi connectivity index (χ2v) is 0.972. The average Bonchev–Trinajstić information content (AvgIpc) is 1.98. The summed E-state index contributed by atoms with van der Waals surface area (Å²) in [6, 6.07) is -0.113. The summed E-state index contributed by atoms with van der Waals surface area (Å²) in [5.41, 5.74) is 0. The minimum Gasteiger partial charge on any atom is -0.276 e. The van der Waals surface area contributed by atoms with E-state index < -0.39 is 0 Å². The Bertz CT molecular complexity index is 207. The summed E-state index contributed by atoms with van der Waals surface area (Å²) in [4.78, 5) is 0. The quantitative estimate of drug-likeness (QED) is 0.449. The Kier molecular flexibility index (Phi) is 0.257. The molecule has 0 aliphatic rings. The van der Waals surface area contributed by atoms with E-state index in [4.69, 9.17) is 4.11 Å². The molecule has 0 radical (unpaired) electrons. The van der Waals surface area contributed by atoms with Crippen molar-refractivity contribution in [2.75, 3.05) is 0 Å². The molecule has 0 N–H and O–H groups in total. The third kappa shape index (κ3) is 0.407. The minimum atomic E-state index is -0.137. The molecule has 0 amide bonds. The van der Waals surface area contributed by atoms with Crippen LogP contribution >= 0.6 is 0 Å². The summed E-state index contributed by atoms with van der Waals surface area (Å²) < 4.78 is 22.2. The van der Waals surface area contributed by atoms with Gasteiger partial charge in [0.2, 0.25) is 0 Å². The first-order chi connectivity index (χ1) is 4.13. The zero-order chi connectivity index (χ0) is 7.02. The molecule has 0 unspecified atom stereocenters. The highest BCUT2D eigenvalue weighted by molar-refractivity contribution is 4.75. The average molecular weight is 88.1 g/mol. The van der Waals surface area contributed by atoms with Crippen LogP contribution in [0, 0.1) is 0 Å². The fourth-order valence-electron chi connectivity index (χ4n) is 0.231. The normalized spacial score (nSPS) is 15.8. The number of aryl methyl sites for hydroxylation is 1. The van der Waals surface area contributed by atoms with Gasteiger partial charge in [-0.25, -0.2) is 0 Å². The molecule has 0 atom stereocenters. The van der Waals surface area contributed by atoms with Gasteiger partial charge in [0.05, 0.1) is 4.11 Å². The molecule has 0 spiro atoms. The molecule has 1 heterocycles. The van der Waals surface area contributed by atoms with Gasteiger partial charge in [-0.2, -0.15) is 5.10 Å². The lowest BCUT2D eigenvalue weighted by atomic mass is 10.8. The van der Waals surface area contributed by atoms with E-state index in [1.54, 1.807) is 7.05 Å². The Balaban J connectivity index is 3.29. The molecule has 0 aliphatic carbocycles. The third-order valence-corrected chi connectivity index (χ3v) is 0.474. The Labute approximate surface area is 40.6 Å². The first-order valence-corrected chi connectivity index (χ1v) is 1.59. The summed E-state index contributed by atoms with van der Waals surface area (Å²) in [6.45, 7) is 0. The predicted molar refractivity (Wildman–Crippen MR) is 23.2 cm³/mol. The van der Waals surface area contributed by atoms with E-state index >= 15 is 0 Å². The summed E-state index contributed by atoms with van der Waals surface area (Å²) in [5.74, 6) is 0. The Hall–Kier alpha value is -0.790. The van der Waals surface area contributed by atoms with E-state index in [9.17, 15) is 0 Å². The molecule has 6 heavy (non-hydrogen) atoms. The maximum Gasteiger partial charge on any atom is 0.0860 e. The lowest BCUT2D eigenvalue weighted by Gasteiger charge is -1.77. The second-order valence-electron chi connectivity index (χ2n) is 0.972. The van der Waals surface area contributed by atoms with Crippen molar-refractivity contribution in [2.45, 2.75) is 0 Å². The van der Waals surface area contributed by atoms with Crippen molar-refractivity contribution in [3.63, 3.8) is 0 Å². The Morgan fingerprint density at radius 3 is 3.00 bits per heavy atom. The molecular formula is C4H6N2. The smallest absolute Gasteiger partial charge is 0.0860 e. The SMILES string of the molecule is [3H]c1nn(C)c([3H])c1[3H]. The van der Waals surface area contributed by atoms with E-state index in [0.29, 0.717) is 0 Å². The van der Waals surface area contributed by atoms with Crippen molar-refractivity contribution in [2.24, 2.45) is 7.05 Å². The zero-order valence-electron chi connectivity index (χ0n) is 6.39. The van der Waals surface area contributed by atoms with Gasteiger partial charge in [-0.1, -0.05) is 0 Å². The van der Waals surface area contributed by atoms with Crippen LogP contribution < -0.4 is 0 Å². The van der Waals surface area contributed by atoms with Gasteiger partial charge in [-0.05, 0) is 6.04 Å². The zero-order valence-corrected chi connectivity index (χ0v) is 3.39. The van der Waals surface area contributed by atoms with Crippen molar-refractivity contribution < 1.29 is 4.11 Å². The standard InChI is InChI=1S/C4H6N2/c1-6-4-2-3-5-6/h2-4H,1H3/i2T,3T,4T. The molecule has 32 valence electrons. The Morgan fingerprint density at radius 1 is 2.00 bits per heavy atom. The van der Waals surface area contributed by atoms with E-state index in [1.807, 2.05) is 0 Å². The van der Waals surface area contributed by atoms with Gasteiger partial charge in [-0.3, -0.25) is 4.68 Å². The van der Waals surface area contributed by atoms with Gasteiger partial charge in [-0.15, -0.1) is 0 Å². The molecule has 0 bridgehead atoms. The summed E-state index contributed by atoms with van der Waals surface area (Å²) in [6.07, 6.45) is -0.150. The van der Waals surface area contributed by atoms with Crippen LogP contribution in [0.25, 0.3) is 0 Å². The molecule has 1 rings (SSSR count). The van der Waals surface area contributed by atoms with Gasteiger partial charge in [0, 0.05) is 19.4 Å². The molecule has 0 aromatic carbocycles. The van der Waals surface area contributed by atoms with Crippen molar-refractivity contribution in [3.8, 4) is 0 Å². The van der Waals surface area contributed by atoms with Gasteiger partial charge in [0.15, 0.2) is 0 Å². The summed E-state index contributed by atoms with van der Waals surface area (Å²) in [7, 11) is 1.54. The van der Waals surface area contributed by atoms with Gasteiger partial charge >= 0.3 is 0 Å². The fraction of sp³-hybridized carbons (Fsp3) is 0.250. The molecule has 2 heteroatoms. The molecule has 1 aromatic rings. The Morgan fingerprint density at radius 2 is 2.83 bits per heavy atom. The number of aromatic nitrogens is 2. The predicted octanol–water partition coefficient (Wildman–Crippen LogP) is 0.420. The topological polar surface area (TPSA) is 17.8 Å². The number of hydrogen-bond donors (Lipinski definition) is 0. The molecule has 0 saturated carbocycles. The highest BCUT2D eigenvalue weighted by atomic mass is 15.2. The molecule has 0 saturated heterocycles. The van der Waals surface area contributed by atoms with Crippen molar-refractivity contribution in [1.82, 2.24) is 9.78 Å². The molecule has 0 fully saturated rings. The van der Waals surface area contributed by atoms with Gasteiger partial charge in [0.1, 0.15) is 0 Å². The lowest BCUT2D eigenvalue weighted by molar-refractivity contribution is 0.768. The minimum absolute atomic E-state index is 0.0139. The second kappa shape index (κ2) is 1.12. The van der Waals surface area contributed by atoms with Crippen molar-refractivity contribution in [3.05, 3.63) is 18.4 Å². The third-order valence-electron chi connectivity index (χ3n) is 0.474.